The SMILES string of the molecule is O=C(c1cc(Cl)ccc1F)N1CCC(c2nc(-c3ccc4c(c3)OCO4)no2)CC1. The van der Waals surface area contributed by atoms with Crippen LogP contribution >= 0.6 is 11.6 Å². The summed E-state index contributed by atoms with van der Waals surface area (Å²) < 4.78 is 30.2. The van der Waals surface area contributed by atoms with Crippen LogP contribution in [0.25, 0.3) is 11.4 Å². The van der Waals surface area contributed by atoms with Crippen LogP contribution < -0.4 is 9.47 Å². The maximum absolute atomic E-state index is 14.0. The standard InChI is InChI=1S/C21H17ClFN3O4/c22-14-2-3-16(23)15(10-14)21(27)26-7-5-12(6-8-26)20-24-19(25-30-20)13-1-4-17-18(9-13)29-11-28-17/h1-4,9-10,12H,5-8,11H2. The number of fused-ring (bicyclic) bond motifs is 1. The molecule has 1 saturated heterocycles. The molecule has 7 nitrogen and oxygen atoms in total. The van der Waals surface area contributed by atoms with Gasteiger partial charge in [0.2, 0.25) is 18.5 Å². The molecule has 0 atom stereocenters. The summed E-state index contributed by atoms with van der Waals surface area (Å²) in [6, 6.07) is 9.47. The number of carbonyl (C=O) groups excluding carboxylic acids is 1. The van der Waals surface area contributed by atoms with E-state index >= 15 is 0 Å². The van der Waals surface area contributed by atoms with E-state index in [1.54, 1.807) is 4.90 Å². The fourth-order valence-corrected chi connectivity index (χ4v) is 3.89. The molecule has 9 heteroatoms. The summed E-state index contributed by atoms with van der Waals surface area (Å²) in [5.41, 5.74) is 0.766. The van der Waals surface area contributed by atoms with E-state index in [-0.39, 0.29) is 24.2 Å². The van der Waals surface area contributed by atoms with Gasteiger partial charge in [0.15, 0.2) is 11.5 Å². The lowest BCUT2D eigenvalue weighted by Gasteiger charge is -2.30. The molecule has 0 bridgehead atoms. The lowest BCUT2D eigenvalue weighted by atomic mass is 9.96. The molecule has 2 aliphatic heterocycles. The van der Waals surface area contributed by atoms with Crippen molar-refractivity contribution in [3.8, 4) is 22.9 Å². The maximum Gasteiger partial charge on any atom is 0.256 e. The Labute approximate surface area is 176 Å². The highest BCUT2D eigenvalue weighted by Crippen LogP contribution is 2.36. The number of ether oxygens (including phenoxy) is 2. The summed E-state index contributed by atoms with van der Waals surface area (Å²) in [5.74, 6) is 1.45. The number of carbonyl (C=O) groups is 1. The van der Waals surface area contributed by atoms with Crippen molar-refractivity contribution in [2.45, 2.75) is 18.8 Å². The molecule has 1 aromatic heterocycles. The zero-order valence-electron chi connectivity index (χ0n) is 15.8. The number of hydrogen-bond acceptors (Lipinski definition) is 6. The first kappa shape index (κ1) is 18.9. The number of benzene rings is 2. The molecule has 0 spiro atoms. The van der Waals surface area contributed by atoms with E-state index in [0.717, 1.165) is 5.56 Å². The van der Waals surface area contributed by atoms with E-state index in [1.165, 1.54) is 18.2 Å². The van der Waals surface area contributed by atoms with Gasteiger partial charge in [-0.15, -0.1) is 0 Å². The lowest BCUT2D eigenvalue weighted by Crippen LogP contribution is -2.38. The first-order valence-corrected chi connectivity index (χ1v) is 9.94. The van der Waals surface area contributed by atoms with Crippen LogP contribution in [0.3, 0.4) is 0 Å². The fourth-order valence-electron chi connectivity index (χ4n) is 3.72. The van der Waals surface area contributed by atoms with Gasteiger partial charge in [-0.2, -0.15) is 4.98 Å². The van der Waals surface area contributed by atoms with Gasteiger partial charge >= 0.3 is 0 Å². The van der Waals surface area contributed by atoms with Gasteiger partial charge in [0.1, 0.15) is 5.82 Å². The van der Waals surface area contributed by atoms with Gasteiger partial charge in [0.05, 0.1) is 5.56 Å². The molecule has 0 radical (unpaired) electrons. The maximum atomic E-state index is 14.0. The van der Waals surface area contributed by atoms with Crippen molar-refractivity contribution in [1.82, 2.24) is 15.0 Å². The molecular formula is C21H17ClFN3O4. The summed E-state index contributed by atoms with van der Waals surface area (Å²) in [6.07, 6.45) is 1.30. The normalized spacial score (nSPS) is 16.1. The van der Waals surface area contributed by atoms with Crippen LogP contribution in [0, 0.1) is 5.82 Å². The molecule has 0 aliphatic carbocycles. The Bertz CT molecular complexity index is 1110. The molecule has 3 heterocycles. The van der Waals surface area contributed by atoms with Crippen LogP contribution in [0.4, 0.5) is 4.39 Å². The minimum atomic E-state index is -0.572. The summed E-state index contributed by atoms with van der Waals surface area (Å²) >= 11 is 5.91. The Morgan fingerprint density at radius 1 is 1.10 bits per heavy atom. The first-order valence-electron chi connectivity index (χ1n) is 9.56. The molecule has 0 saturated carbocycles. The molecule has 30 heavy (non-hydrogen) atoms. The number of nitrogens with zero attached hydrogens (tertiary/aromatic N) is 3. The monoisotopic (exact) mass is 429 g/mol. The molecule has 154 valence electrons. The number of hydrogen-bond donors (Lipinski definition) is 0. The molecule has 3 aromatic rings. The van der Waals surface area contributed by atoms with Gasteiger partial charge in [-0.25, -0.2) is 4.39 Å². The van der Waals surface area contributed by atoms with Crippen molar-refractivity contribution < 1.29 is 23.2 Å². The fraction of sp³-hybridized carbons (Fsp3) is 0.286. The molecule has 1 fully saturated rings. The van der Waals surface area contributed by atoms with Gasteiger partial charge in [0.25, 0.3) is 5.91 Å². The lowest BCUT2D eigenvalue weighted by molar-refractivity contribution is 0.0700. The Kier molecular flexibility index (Phi) is 4.78. The smallest absolute Gasteiger partial charge is 0.256 e. The third-order valence-electron chi connectivity index (χ3n) is 5.36. The van der Waals surface area contributed by atoms with E-state index in [2.05, 4.69) is 10.1 Å². The molecule has 0 N–H and O–H groups in total. The van der Waals surface area contributed by atoms with Gasteiger partial charge in [-0.3, -0.25) is 4.79 Å². The number of piperidine rings is 1. The van der Waals surface area contributed by atoms with E-state index in [9.17, 15) is 9.18 Å². The van der Waals surface area contributed by atoms with E-state index in [0.29, 0.717) is 54.2 Å². The van der Waals surface area contributed by atoms with Gasteiger partial charge in [-0.1, -0.05) is 16.8 Å². The van der Waals surface area contributed by atoms with Crippen LogP contribution in [-0.4, -0.2) is 40.8 Å². The molecule has 1 amide bonds. The van der Waals surface area contributed by atoms with Gasteiger partial charge in [0, 0.05) is 29.6 Å². The average Bonchev–Trinajstić information content (AvgIpc) is 3.44. The predicted molar refractivity (Wildman–Crippen MR) is 105 cm³/mol. The third-order valence-corrected chi connectivity index (χ3v) is 5.60. The van der Waals surface area contributed by atoms with Crippen molar-refractivity contribution in [2.75, 3.05) is 19.9 Å². The number of halogens is 2. The van der Waals surface area contributed by atoms with E-state index < -0.39 is 5.82 Å². The summed E-state index contributed by atoms with van der Waals surface area (Å²) in [5, 5.41) is 4.41. The summed E-state index contributed by atoms with van der Waals surface area (Å²) in [4.78, 5) is 18.8. The minimum Gasteiger partial charge on any atom is -0.454 e. The summed E-state index contributed by atoms with van der Waals surface area (Å²) in [7, 11) is 0. The second-order valence-corrected chi connectivity index (χ2v) is 7.65. The number of likely N-dealkylation sites (tertiary alicyclic amines) is 1. The van der Waals surface area contributed by atoms with Crippen LogP contribution in [0.2, 0.25) is 5.02 Å². The van der Waals surface area contributed by atoms with Crippen molar-refractivity contribution in [3.63, 3.8) is 0 Å². The van der Waals surface area contributed by atoms with Crippen molar-refractivity contribution in [3.05, 3.63) is 58.7 Å². The van der Waals surface area contributed by atoms with Crippen LogP contribution in [0.1, 0.15) is 35.0 Å². The van der Waals surface area contributed by atoms with Gasteiger partial charge < -0.3 is 18.9 Å². The second kappa shape index (κ2) is 7.60. The molecule has 2 aliphatic rings. The Morgan fingerprint density at radius 2 is 1.90 bits per heavy atom. The number of rotatable bonds is 3. The van der Waals surface area contributed by atoms with E-state index in [4.69, 9.17) is 25.6 Å². The third kappa shape index (κ3) is 3.47. The average molecular weight is 430 g/mol. The highest BCUT2D eigenvalue weighted by molar-refractivity contribution is 6.31. The topological polar surface area (TPSA) is 77.7 Å². The zero-order valence-corrected chi connectivity index (χ0v) is 16.6. The Hall–Kier alpha value is -3.13. The minimum absolute atomic E-state index is 0.0103. The second-order valence-electron chi connectivity index (χ2n) is 7.21. The number of amides is 1. The summed E-state index contributed by atoms with van der Waals surface area (Å²) in [6.45, 7) is 1.14. The van der Waals surface area contributed by atoms with Crippen LogP contribution in [0.15, 0.2) is 40.9 Å². The Balaban J connectivity index is 1.26. The highest BCUT2D eigenvalue weighted by atomic mass is 35.5. The Morgan fingerprint density at radius 3 is 2.73 bits per heavy atom. The molecule has 0 unspecified atom stereocenters. The number of aromatic nitrogens is 2. The predicted octanol–water partition coefficient (Wildman–Crippen LogP) is 4.28. The van der Waals surface area contributed by atoms with Crippen molar-refractivity contribution in [2.24, 2.45) is 0 Å². The first-order chi connectivity index (χ1) is 14.6. The van der Waals surface area contributed by atoms with Crippen molar-refractivity contribution in [1.29, 1.82) is 0 Å². The molecule has 2 aromatic carbocycles. The highest BCUT2D eigenvalue weighted by Gasteiger charge is 2.29. The quantitative estimate of drug-likeness (QED) is 0.618. The molecular weight excluding hydrogens is 413 g/mol. The van der Waals surface area contributed by atoms with Crippen molar-refractivity contribution >= 4 is 17.5 Å². The van der Waals surface area contributed by atoms with Crippen LogP contribution in [-0.2, 0) is 0 Å². The van der Waals surface area contributed by atoms with Gasteiger partial charge in [-0.05, 0) is 49.2 Å². The molecule has 5 rings (SSSR count). The van der Waals surface area contributed by atoms with E-state index in [1.807, 2.05) is 18.2 Å². The zero-order chi connectivity index (χ0) is 20.7. The van der Waals surface area contributed by atoms with Crippen LogP contribution in [0.5, 0.6) is 11.5 Å². The largest absolute Gasteiger partial charge is 0.454 e.